The quantitative estimate of drug-likeness (QED) is 0.404. The van der Waals surface area contributed by atoms with Gasteiger partial charge in [-0.2, -0.15) is 0 Å². The summed E-state index contributed by atoms with van der Waals surface area (Å²) >= 11 is 0. The van der Waals surface area contributed by atoms with Crippen LogP contribution in [-0.4, -0.2) is 38.3 Å². The Morgan fingerprint density at radius 2 is 1.82 bits per heavy atom. The number of fused-ring (bicyclic) bond motifs is 1. The highest BCUT2D eigenvalue weighted by atomic mass is 16.1. The highest BCUT2D eigenvalue weighted by molar-refractivity contribution is 5.74. The molecule has 7 nitrogen and oxygen atoms in total. The Morgan fingerprint density at radius 3 is 2.42 bits per heavy atom. The number of amides is 1. The molecule has 1 aliphatic rings. The predicted octanol–water partition coefficient (Wildman–Crippen LogP) is 4.73. The third-order valence-corrected chi connectivity index (χ3v) is 5.37. The molecule has 1 aliphatic carbocycles. The largest absolute Gasteiger partial charge is 0.367 e. The second kappa shape index (κ2) is 10.3. The van der Waals surface area contributed by atoms with E-state index < -0.39 is 0 Å². The van der Waals surface area contributed by atoms with Gasteiger partial charge in [-0.05, 0) is 37.8 Å². The molecule has 0 radical (unpaired) electrons. The number of nitrogens with one attached hydrogen (secondary N) is 2. The minimum atomic E-state index is 0.517. The maximum atomic E-state index is 9.54. The van der Waals surface area contributed by atoms with Crippen molar-refractivity contribution < 1.29 is 4.79 Å². The molecule has 3 aromatic heterocycles. The lowest BCUT2D eigenvalue weighted by atomic mass is 10.1. The molecule has 7 heteroatoms. The number of anilines is 1. The zero-order valence-corrected chi connectivity index (χ0v) is 19.3. The van der Waals surface area contributed by atoms with Crippen LogP contribution in [-0.2, 0) is 4.79 Å². The Morgan fingerprint density at radius 1 is 1.09 bits per heavy atom. The summed E-state index contributed by atoms with van der Waals surface area (Å²) in [7, 11) is 0. The number of carbonyl (C=O) groups is 1. The van der Waals surface area contributed by atoms with Crippen LogP contribution in [0.2, 0.25) is 0 Å². The van der Waals surface area contributed by atoms with Crippen LogP contribution in [0.1, 0.15) is 32.3 Å². The zero-order valence-electron chi connectivity index (χ0n) is 19.3. The van der Waals surface area contributed by atoms with E-state index in [1.54, 1.807) is 12.4 Å². The van der Waals surface area contributed by atoms with Gasteiger partial charge in [0, 0.05) is 42.3 Å². The Kier molecular flexibility index (Phi) is 6.98. The molecule has 33 heavy (non-hydrogen) atoms. The van der Waals surface area contributed by atoms with Crippen molar-refractivity contribution in [3.05, 3.63) is 66.7 Å². The maximum absolute atomic E-state index is 9.54. The lowest BCUT2D eigenvalue weighted by Crippen LogP contribution is -2.11. The standard InChI is InChI=1S/C22H23N5.C4H7NO/c1-15(2)12-24-21-22-25-13-20(18-6-4-16(3)5-7-18)27(22)14-19(26-21)17-8-10-23-11-9-17;6-3-5-4-1-2-4/h4-11,13-15H,12H2,1-3H3,(H,24,26);3-4H,1-2H2,(H,5,6). The zero-order chi connectivity index (χ0) is 23.2. The predicted molar refractivity (Wildman–Crippen MR) is 132 cm³/mol. The summed E-state index contributed by atoms with van der Waals surface area (Å²) in [6.45, 7) is 7.30. The van der Waals surface area contributed by atoms with E-state index in [-0.39, 0.29) is 0 Å². The van der Waals surface area contributed by atoms with Crippen molar-refractivity contribution in [2.45, 2.75) is 39.7 Å². The van der Waals surface area contributed by atoms with Crippen LogP contribution in [0.3, 0.4) is 0 Å². The lowest BCUT2D eigenvalue weighted by Gasteiger charge is -2.12. The summed E-state index contributed by atoms with van der Waals surface area (Å²) in [5.74, 6) is 1.32. The molecule has 4 aromatic rings. The number of hydrogen-bond donors (Lipinski definition) is 2. The topological polar surface area (TPSA) is 84.2 Å². The molecule has 170 valence electrons. The molecule has 1 fully saturated rings. The van der Waals surface area contributed by atoms with E-state index in [9.17, 15) is 4.79 Å². The molecule has 1 aromatic carbocycles. The molecule has 0 bridgehead atoms. The van der Waals surface area contributed by atoms with Crippen molar-refractivity contribution in [2.24, 2.45) is 5.92 Å². The fourth-order valence-corrected chi connectivity index (χ4v) is 3.35. The van der Waals surface area contributed by atoms with E-state index in [2.05, 4.69) is 70.0 Å². The average molecular weight is 443 g/mol. The highest BCUT2D eigenvalue weighted by Crippen LogP contribution is 2.27. The normalized spacial score (nSPS) is 12.8. The van der Waals surface area contributed by atoms with E-state index in [0.29, 0.717) is 12.0 Å². The van der Waals surface area contributed by atoms with Gasteiger partial charge in [-0.1, -0.05) is 43.7 Å². The fraction of sp³-hybridized carbons (Fsp3) is 0.308. The first kappa shape index (κ1) is 22.5. The molecule has 0 unspecified atom stereocenters. The molecular formula is C26H30N6O. The number of nitrogens with zero attached hydrogens (tertiary/aromatic N) is 4. The average Bonchev–Trinajstić information content (AvgIpc) is 3.55. The van der Waals surface area contributed by atoms with Crippen LogP contribution in [0.4, 0.5) is 5.82 Å². The molecule has 0 atom stereocenters. The molecule has 5 rings (SSSR count). The van der Waals surface area contributed by atoms with Gasteiger partial charge in [-0.25, -0.2) is 9.97 Å². The molecular weight excluding hydrogens is 412 g/mol. The van der Waals surface area contributed by atoms with E-state index in [1.807, 2.05) is 24.5 Å². The van der Waals surface area contributed by atoms with Crippen molar-refractivity contribution in [1.29, 1.82) is 0 Å². The van der Waals surface area contributed by atoms with E-state index in [1.165, 1.54) is 18.4 Å². The molecule has 3 heterocycles. The Labute approximate surface area is 194 Å². The monoisotopic (exact) mass is 442 g/mol. The minimum absolute atomic E-state index is 0.517. The van der Waals surface area contributed by atoms with Crippen molar-refractivity contribution in [3.8, 4) is 22.5 Å². The van der Waals surface area contributed by atoms with Crippen LogP contribution in [0.25, 0.3) is 28.2 Å². The lowest BCUT2D eigenvalue weighted by molar-refractivity contribution is -0.109. The summed E-state index contributed by atoms with van der Waals surface area (Å²) < 4.78 is 2.12. The van der Waals surface area contributed by atoms with Crippen molar-refractivity contribution in [1.82, 2.24) is 24.7 Å². The summed E-state index contributed by atoms with van der Waals surface area (Å²) in [4.78, 5) is 23.2. The van der Waals surface area contributed by atoms with Gasteiger partial charge in [-0.3, -0.25) is 14.2 Å². The molecule has 2 N–H and O–H groups in total. The third-order valence-electron chi connectivity index (χ3n) is 5.37. The van der Waals surface area contributed by atoms with Gasteiger partial charge < -0.3 is 10.6 Å². The first-order valence-corrected chi connectivity index (χ1v) is 11.3. The molecule has 0 aliphatic heterocycles. The van der Waals surface area contributed by atoms with Crippen LogP contribution in [0.5, 0.6) is 0 Å². The molecule has 0 spiro atoms. The number of aromatic nitrogens is 4. The molecule has 1 saturated carbocycles. The number of aryl methyl sites for hydroxylation is 1. The van der Waals surface area contributed by atoms with Gasteiger partial charge in [0.05, 0.1) is 17.6 Å². The van der Waals surface area contributed by atoms with E-state index in [4.69, 9.17) is 4.98 Å². The first-order valence-electron chi connectivity index (χ1n) is 11.3. The second-order valence-electron chi connectivity index (χ2n) is 8.75. The molecule has 1 amide bonds. The maximum Gasteiger partial charge on any atom is 0.207 e. The number of pyridine rings is 1. The minimum Gasteiger partial charge on any atom is -0.367 e. The van der Waals surface area contributed by atoms with Crippen molar-refractivity contribution >= 4 is 17.9 Å². The van der Waals surface area contributed by atoms with Gasteiger partial charge in [0.2, 0.25) is 6.41 Å². The fourth-order valence-electron chi connectivity index (χ4n) is 3.35. The Bertz CT molecular complexity index is 1200. The first-order chi connectivity index (χ1) is 16.0. The summed E-state index contributed by atoms with van der Waals surface area (Å²) in [5.41, 5.74) is 6.19. The van der Waals surface area contributed by atoms with Gasteiger partial charge in [-0.15, -0.1) is 0 Å². The van der Waals surface area contributed by atoms with Crippen molar-refractivity contribution in [3.63, 3.8) is 0 Å². The third kappa shape index (κ3) is 5.74. The van der Waals surface area contributed by atoms with Crippen LogP contribution >= 0.6 is 0 Å². The number of benzene rings is 1. The van der Waals surface area contributed by atoms with Gasteiger partial charge in [0.25, 0.3) is 0 Å². The highest BCUT2D eigenvalue weighted by Gasteiger charge is 2.19. The van der Waals surface area contributed by atoms with Crippen LogP contribution < -0.4 is 10.6 Å². The van der Waals surface area contributed by atoms with E-state index >= 15 is 0 Å². The number of carbonyl (C=O) groups excluding carboxylic acids is 1. The smallest absolute Gasteiger partial charge is 0.207 e. The summed E-state index contributed by atoms with van der Waals surface area (Å²) in [6, 6.07) is 13.0. The summed E-state index contributed by atoms with van der Waals surface area (Å²) in [5, 5.41) is 6.10. The Balaban J connectivity index is 0.000000376. The van der Waals surface area contributed by atoms with Crippen molar-refractivity contribution in [2.75, 3.05) is 11.9 Å². The van der Waals surface area contributed by atoms with Gasteiger partial charge in [0.1, 0.15) is 0 Å². The number of rotatable bonds is 7. The second-order valence-corrected chi connectivity index (χ2v) is 8.75. The molecule has 0 saturated heterocycles. The van der Waals surface area contributed by atoms with Crippen LogP contribution in [0, 0.1) is 12.8 Å². The Hall–Kier alpha value is -3.74. The number of hydrogen-bond acceptors (Lipinski definition) is 5. The van der Waals surface area contributed by atoms with Gasteiger partial charge >= 0.3 is 0 Å². The summed E-state index contributed by atoms with van der Waals surface area (Å²) in [6.07, 6.45) is 10.7. The van der Waals surface area contributed by atoms with Gasteiger partial charge in [0.15, 0.2) is 11.5 Å². The number of imidazole rings is 1. The van der Waals surface area contributed by atoms with Crippen LogP contribution in [0.15, 0.2) is 61.2 Å². The SMILES string of the molecule is Cc1ccc(-c2cnc3c(NCC(C)C)nc(-c4ccncc4)cn23)cc1.O=CNC1CC1. The van der Waals surface area contributed by atoms with E-state index in [0.717, 1.165) is 46.9 Å².